The van der Waals surface area contributed by atoms with Gasteiger partial charge < -0.3 is 10.2 Å². The number of aromatic carboxylic acids is 1. The van der Waals surface area contributed by atoms with Gasteiger partial charge in [0.05, 0.1) is 5.56 Å². The maximum Gasteiger partial charge on any atom is 0.335 e. The van der Waals surface area contributed by atoms with Gasteiger partial charge in [-0.15, -0.1) is 0 Å². The van der Waals surface area contributed by atoms with Gasteiger partial charge in [-0.1, -0.05) is 28.1 Å². The molecule has 2 aromatic rings. The minimum Gasteiger partial charge on any atom is -0.507 e. The Bertz CT molecular complexity index is 549. The number of rotatable bonds is 1. The van der Waals surface area contributed by atoms with Crippen LogP contribution in [0.2, 0.25) is 0 Å². The molecular weight excluding hydrogens is 260 g/mol. The summed E-state index contributed by atoms with van der Waals surface area (Å²) in [6.07, 6.45) is 0. The molecule has 3 nitrogen and oxygen atoms in total. The fourth-order valence-corrected chi connectivity index (χ4v) is 2.07. The Balaban J connectivity index is 2.84. The smallest absolute Gasteiger partial charge is 0.335 e. The lowest BCUT2D eigenvalue weighted by Gasteiger charge is -2.04. The molecule has 0 fully saturated rings. The summed E-state index contributed by atoms with van der Waals surface area (Å²) in [5.41, 5.74) is 0.0816. The maximum absolute atomic E-state index is 10.8. The zero-order valence-electron chi connectivity index (χ0n) is 7.57. The molecule has 0 aliphatic heterocycles. The molecule has 0 unspecified atom stereocenters. The fourth-order valence-electron chi connectivity index (χ4n) is 1.48. The Labute approximate surface area is 94.1 Å². The first-order chi connectivity index (χ1) is 7.09. The van der Waals surface area contributed by atoms with Gasteiger partial charge in [-0.25, -0.2) is 4.79 Å². The molecule has 0 saturated heterocycles. The van der Waals surface area contributed by atoms with E-state index in [1.54, 1.807) is 18.2 Å². The number of hydrogen-bond donors (Lipinski definition) is 2. The highest BCUT2D eigenvalue weighted by molar-refractivity contribution is 9.10. The largest absolute Gasteiger partial charge is 0.507 e. The number of halogens is 1. The minimum absolute atomic E-state index is 0.0302. The van der Waals surface area contributed by atoms with Gasteiger partial charge >= 0.3 is 5.97 Å². The van der Waals surface area contributed by atoms with Crippen molar-refractivity contribution < 1.29 is 15.0 Å². The maximum atomic E-state index is 10.8. The number of carboxylic acids is 1. The van der Waals surface area contributed by atoms with Crippen molar-refractivity contribution in [2.75, 3.05) is 0 Å². The molecule has 0 bridgehead atoms. The predicted molar refractivity (Wildman–Crippen MR) is 60.3 cm³/mol. The van der Waals surface area contributed by atoms with Gasteiger partial charge in [0.25, 0.3) is 0 Å². The van der Waals surface area contributed by atoms with E-state index in [-0.39, 0.29) is 11.3 Å². The van der Waals surface area contributed by atoms with Crippen molar-refractivity contribution in [1.82, 2.24) is 0 Å². The molecule has 0 atom stereocenters. The van der Waals surface area contributed by atoms with Crippen LogP contribution in [0.5, 0.6) is 5.75 Å². The molecule has 76 valence electrons. The number of benzene rings is 2. The van der Waals surface area contributed by atoms with Gasteiger partial charge in [-0.3, -0.25) is 0 Å². The molecule has 0 spiro atoms. The number of phenols is 1. The predicted octanol–water partition coefficient (Wildman–Crippen LogP) is 3.01. The number of aromatic hydroxyl groups is 1. The van der Waals surface area contributed by atoms with Gasteiger partial charge in [0.2, 0.25) is 0 Å². The van der Waals surface area contributed by atoms with Crippen LogP contribution in [0.15, 0.2) is 34.8 Å². The van der Waals surface area contributed by atoms with Crippen LogP contribution < -0.4 is 0 Å². The third kappa shape index (κ3) is 1.68. The summed E-state index contributed by atoms with van der Waals surface area (Å²) in [4.78, 5) is 10.8. The topological polar surface area (TPSA) is 57.5 Å². The average molecular weight is 267 g/mol. The summed E-state index contributed by atoms with van der Waals surface area (Å²) < 4.78 is 0.745. The quantitative estimate of drug-likeness (QED) is 0.834. The fraction of sp³-hybridized carbons (Fsp3) is 0. The van der Waals surface area contributed by atoms with Crippen LogP contribution in [-0.4, -0.2) is 16.2 Å². The molecular formula is C11H7BrO3. The van der Waals surface area contributed by atoms with Crippen LogP contribution in [0.4, 0.5) is 0 Å². The van der Waals surface area contributed by atoms with E-state index in [1.165, 1.54) is 12.1 Å². The lowest BCUT2D eigenvalue weighted by Crippen LogP contribution is -1.95. The van der Waals surface area contributed by atoms with E-state index in [4.69, 9.17) is 5.11 Å². The number of fused-ring (bicyclic) bond motifs is 1. The van der Waals surface area contributed by atoms with Crippen LogP contribution in [0, 0.1) is 0 Å². The molecule has 0 radical (unpaired) electrons. The van der Waals surface area contributed by atoms with Crippen molar-refractivity contribution in [2.45, 2.75) is 0 Å². The molecule has 0 amide bonds. The number of hydrogen-bond acceptors (Lipinski definition) is 2. The monoisotopic (exact) mass is 266 g/mol. The summed E-state index contributed by atoms with van der Waals surface area (Å²) in [6.45, 7) is 0. The standard InChI is InChI=1S/C11H7BrO3/c12-8-3-1-2-6-4-7(11(14)15)5-9(13)10(6)8/h1-5,13H,(H,14,15). The first-order valence-corrected chi connectivity index (χ1v) is 5.03. The van der Waals surface area contributed by atoms with E-state index in [9.17, 15) is 9.90 Å². The highest BCUT2D eigenvalue weighted by atomic mass is 79.9. The van der Waals surface area contributed by atoms with Gasteiger partial charge in [0, 0.05) is 9.86 Å². The van der Waals surface area contributed by atoms with E-state index < -0.39 is 5.97 Å². The normalized spacial score (nSPS) is 10.5. The van der Waals surface area contributed by atoms with Crippen molar-refractivity contribution in [1.29, 1.82) is 0 Å². The van der Waals surface area contributed by atoms with Crippen LogP contribution in [0.3, 0.4) is 0 Å². The zero-order valence-corrected chi connectivity index (χ0v) is 9.15. The Morgan fingerprint density at radius 2 is 2.00 bits per heavy atom. The third-order valence-corrected chi connectivity index (χ3v) is 2.81. The second-order valence-electron chi connectivity index (χ2n) is 3.14. The van der Waals surface area contributed by atoms with Gasteiger partial charge in [0.1, 0.15) is 5.75 Å². The Morgan fingerprint density at radius 1 is 1.27 bits per heavy atom. The molecule has 0 aliphatic carbocycles. The zero-order chi connectivity index (χ0) is 11.0. The van der Waals surface area contributed by atoms with E-state index in [0.29, 0.717) is 10.8 Å². The highest BCUT2D eigenvalue weighted by Gasteiger charge is 2.09. The van der Waals surface area contributed by atoms with Gasteiger partial charge in [0.15, 0.2) is 0 Å². The molecule has 0 heterocycles. The Morgan fingerprint density at radius 3 is 2.67 bits per heavy atom. The first kappa shape index (κ1) is 9.98. The van der Waals surface area contributed by atoms with Crippen LogP contribution in [0.25, 0.3) is 10.8 Å². The molecule has 0 aromatic heterocycles. The van der Waals surface area contributed by atoms with Crippen molar-refractivity contribution in [2.24, 2.45) is 0 Å². The summed E-state index contributed by atoms with van der Waals surface area (Å²) in [7, 11) is 0. The first-order valence-electron chi connectivity index (χ1n) is 4.24. The molecule has 2 aromatic carbocycles. The SMILES string of the molecule is O=C(O)c1cc(O)c2c(Br)cccc2c1. The molecule has 0 saturated carbocycles. The summed E-state index contributed by atoms with van der Waals surface area (Å²) in [6, 6.07) is 8.11. The lowest BCUT2D eigenvalue weighted by atomic mass is 10.1. The minimum atomic E-state index is -1.05. The third-order valence-electron chi connectivity index (χ3n) is 2.15. The summed E-state index contributed by atoms with van der Waals surface area (Å²) in [5.74, 6) is -1.08. The van der Waals surface area contributed by atoms with E-state index >= 15 is 0 Å². The molecule has 0 aliphatic rings. The molecule has 2 rings (SSSR count). The average Bonchev–Trinajstić information content (AvgIpc) is 2.17. The Hall–Kier alpha value is -1.55. The van der Waals surface area contributed by atoms with Crippen molar-refractivity contribution >= 4 is 32.7 Å². The molecule has 15 heavy (non-hydrogen) atoms. The summed E-state index contributed by atoms with van der Waals surface area (Å²) >= 11 is 3.30. The summed E-state index contributed by atoms with van der Waals surface area (Å²) in [5, 5.41) is 19.8. The van der Waals surface area contributed by atoms with Crippen LogP contribution in [0.1, 0.15) is 10.4 Å². The second kappa shape index (κ2) is 3.55. The number of phenolic OH excluding ortho intramolecular Hbond substituents is 1. The van der Waals surface area contributed by atoms with Gasteiger partial charge in [-0.2, -0.15) is 0 Å². The Kier molecular flexibility index (Phi) is 2.36. The van der Waals surface area contributed by atoms with Gasteiger partial charge in [-0.05, 0) is 23.6 Å². The lowest BCUT2D eigenvalue weighted by molar-refractivity contribution is 0.0696. The van der Waals surface area contributed by atoms with Crippen molar-refractivity contribution in [3.8, 4) is 5.75 Å². The van der Waals surface area contributed by atoms with Crippen molar-refractivity contribution in [3.05, 3.63) is 40.4 Å². The molecule has 2 N–H and O–H groups in total. The number of carboxylic acid groups (broad SMARTS) is 1. The van der Waals surface area contributed by atoms with E-state index in [2.05, 4.69) is 15.9 Å². The van der Waals surface area contributed by atoms with Crippen LogP contribution in [-0.2, 0) is 0 Å². The molecule has 4 heteroatoms. The number of carbonyl (C=O) groups is 1. The highest BCUT2D eigenvalue weighted by Crippen LogP contribution is 2.32. The second-order valence-corrected chi connectivity index (χ2v) is 3.99. The van der Waals surface area contributed by atoms with Crippen molar-refractivity contribution in [3.63, 3.8) is 0 Å². The van der Waals surface area contributed by atoms with E-state index in [0.717, 1.165) is 4.47 Å². The van der Waals surface area contributed by atoms with E-state index in [1.807, 2.05) is 0 Å². The van der Waals surface area contributed by atoms with Crippen LogP contribution >= 0.6 is 15.9 Å².